The minimum atomic E-state index is -0.661. The van der Waals surface area contributed by atoms with Crippen molar-refractivity contribution < 1.29 is 9.31 Å². The lowest BCUT2D eigenvalue weighted by Crippen LogP contribution is -2.04. The Morgan fingerprint density at radius 3 is 2.81 bits per heavy atom. The summed E-state index contributed by atoms with van der Waals surface area (Å²) in [7, 11) is 0. The van der Waals surface area contributed by atoms with E-state index in [0.29, 0.717) is 0 Å². The SMILES string of the molecule is Nc1cc(F)cc(-n2cccn2)c1[N+](=O)[O-]. The number of benzene rings is 1. The first-order valence-electron chi connectivity index (χ1n) is 4.33. The van der Waals surface area contributed by atoms with E-state index in [1.165, 1.54) is 17.1 Å². The number of nitrogens with two attached hydrogens (primary N) is 1. The molecule has 0 saturated carbocycles. The van der Waals surface area contributed by atoms with E-state index in [0.717, 1.165) is 12.1 Å². The van der Waals surface area contributed by atoms with Crippen molar-refractivity contribution in [3.63, 3.8) is 0 Å². The van der Waals surface area contributed by atoms with E-state index in [9.17, 15) is 14.5 Å². The number of nitrogens with zero attached hydrogens (tertiary/aromatic N) is 3. The van der Waals surface area contributed by atoms with Gasteiger partial charge in [-0.25, -0.2) is 9.07 Å². The van der Waals surface area contributed by atoms with Crippen molar-refractivity contribution in [1.29, 1.82) is 0 Å². The molecule has 1 aromatic carbocycles. The molecule has 1 heterocycles. The zero-order chi connectivity index (χ0) is 11.7. The van der Waals surface area contributed by atoms with Crippen molar-refractivity contribution in [3.05, 3.63) is 46.5 Å². The zero-order valence-corrected chi connectivity index (χ0v) is 8.00. The van der Waals surface area contributed by atoms with Crippen LogP contribution in [0.25, 0.3) is 5.69 Å². The van der Waals surface area contributed by atoms with Gasteiger partial charge >= 0.3 is 5.69 Å². The van der Waals surface area contributed by atoms with E-state index in [-0.39, 0.29) is 17.1 Å². The van der Waals surface area contributed by atoms with Gasteiger partial charge in [0.25, 0.3) is 0 Å². The quantitative estimate of drug-likeness (QED) is 0.474. The Morgan fingerprint density at radius 1 is 1.50 bits per heavy atom. The van der Waals surface area contributed by atoms with Gasteiger partial charge in [0.1, 0.15) is 17.2 Å². The van der Waals surface area contributed by atoms with E-state index in [2.05, 4.69) is 5.10 Å². The molecular formula is C9H7FN4O2. The fourth-order valence-corrected chi connectivity index (χ4v) is 1.39. The highest BCUT2D eigenvalue weighted by Crippen LogP contribution is 2.29. The van der Waals surface area contributed by atoms with Gasteiger partial charge in [0.15, 0.2) is 0 Å². The van der Waals surface area contributed by atoms with Gasteiger partial charge in [0, 0.05) is 24.5 Å². The summed E-state index contributed by atoms with van der Waals surface area (Å²) in [4.78, 5) is 10.2. The fourth-order valence-electron chi connectivity index (χ4n) is 1.39. The first kappa shape index (κ1) is 10.1. The van der Waals surface area contributed by atoms with Gasteiger partial charge in [-0.05, 0) is 6.07 Å². The third-order valence-corrected chi connectivity index (χ3v) is 2.02. The third kappa shape index (κ3) is 1.58. The number of nitro groups is 1. The normalized spacial score (nSPS) is 10.3. The van der Waals surface area contributed by atoms with Crippen LogP contribution in [0.4, 0.5) is 15.8 Å². The average molecular weight is 222 g/mol. The topological polar surface area (TPSA) is 87.0 Å². The van der Waals surface area contributed by atoms with E-state index in [1.54, 1.807) is 6.07 Å². The second kappa shape index (κ2) is 3.61. The summed E-state index contributed by atoms with van der Waals surface area (Å²) < 4.78 is 14.3. The molecule has 2 aromatic rings. The van der Waals surface area contributed by atoms with Crippen molar-refractivity contribution in [2.45, 2.75) is 0 Å². The smallest absolute Gasteiger partial charge is 0.317 e. The number of halogens is 1. The molecule has 0 aliphatic rings. The molecule has 0 bridgehead atoms. The van der Waals surface area contributed by atoms with Crippen LogP contribution in [0, 0.1) is 15.9 Å². The van der Waals surface area contributed by atoms with E-state index < -0.39 is 10.7 Å². The highest BCUT2D eigenvalue weighted by molar-refractivity contribution is 5.68. The van der Waals surface area contributed by atoms with Gasteiger partial charge in [0.2, 0.25) is 0 Å². The van der Waals surface area contributed by atoms with E-state index in [1.807, 2.05) is 0 Å². The maximum atomic E-state index is 13.1. The Labute approximate surface area is 89.3 Å². The molecule has 6 nitrogen and oxygen atoms in total. The van der Waals surface area contributed by atoms with Gasteiger partial charge < -0.3 is 5.73 Å². The largest absolute Gasteiger partial charge is 0.393 e. The van der Waals surface area contributed by atoms with Crippen molar-refractivity contribution in [3.8, 4) is 5.69 Å². The van der Waals surface area contributed by atoms with Gasteiger partial charge in [0.05, 0.1) is 4.92 Å². The third-order valence-electron chi connectivity index (χ3n) is 2.02. The molecule has 2 N–H and O–H groups in total. The molecule has 0 unspecified atom stereocenters. The first-order valence-corrected chi connectivity index (χ1v) is 4.33. The molecule has 1 aromatic heterocycles. The molecule has 0 atom stereocenters. The summed E-state index contributed by atoms with van der Waals surface area (Å²) in [6, 6.07) is 3.50. The molecule has 0 amide bonds. The number of hydrogen-bond acceptors (Lipinski definition) is 4. The number of nitro benzene ring substituents is 1. The highest BCUT2D eigenvalue weighted by atomic mass is 19.1. The maximum Gasteiger partial charge on any atom is 0.317 e. The van der Waals surface area contributed by atoms with Gasteiger partial charge in [-0.2, -0.15) is 5.10 Å². The van der Waals surface area contributed by atoms with Crippen LogP contribution in [-0.2, 0) is 0 Å². The summed E-state index contributed by atoms with van der Waals surface area (Å²) in [5.41, 5.74) is 4.83. The maximum absolute atomic E-state index is 13.1. The van der Waals surface area contributed by atoms with Crippen molar-refractivity contribution in [2.24, 2.45) is 0 Å². The Hall–Kier alpha value is -2.44. The Morgan fingerprint density at radius 2 is 2.25 bits per heavy atom. The summed E-state index contributed by atoms with van der Waals surface area (Å²) >= 11 is 0. The standard InChI is InChI=1S/C9H7FN4O2/c10-6-4-7(11)9(14(15)16)8(5-6)13-3-1-2-12-13/h1-5H,11H2. The average Bonchev–Trinajstić information content (AvgIpc) is 2.67. The minimum Gasteiger partial charge on any atom is -0.393 e. The summed E-state index contributed by atoms with van der Waals surface area (Å²) in [5.74, 6) is -0.645. The van der Waals surface area contributed by atoms with Crippen LogP contribution in [-0.4, -0.2) is 14.7 Å². The van der Waals surface area contributed by atoms with Gasteiger partial charge in [-0.3, -0.25) is 10.1 Å². The van der Waals surface area contributed by atoms with Gasteiger partial charge in [-0.15, -0.1) is 0 Å². The van der Waals surface area contributed by atoms with E-state index >= 15 is 0 Å². The molecule has 0 saturated heterocycles. The van der Waals surface area contributed by atoms with Crippen LogP contribution in [0.1, 0.15) is 0 Å². The summed E-state index contributed by atoms with van der Waals surface area (Å²) in [6.07, 6.45) is 2.91. The Bertz CT molecular complexity index is 539. The van der Waals surface area contributed by atoms with Crippen molar-refractivity contribution in [2.75, 3.05) is 5.73 Å². The number of rotatable bonds is 2. The fraction of sp³-hybridized carbons (Fsp3) is 0. The van der Waals surface area contributed by atoms with Crippen LogP contribution in [0.3, 0.4) is 0 Å². The number of anilines is 1. The van der Waals surface area contributed by atoms with Gasteiger partial charge in [-0.1, -0.05) is 0 Å². The Kier molecular flexibility index (Phi) is 2.28. The predicted molar refractivity (Wildman–Crippen MR) is 54.6 cm³/mol. The molecule has 0 aliphatic heterocycles. The Balaban J connectivity index is 2.72. The number of hydrogen-bond donors (Lipinski definition) is 1. The van der Waals surface area contributed by atoms with Crippen LogP contribution in [0.15, 0.2) is 30.6 Å². The second-order valence-electron chi connectivity index (χ2n) is 3.07. The van der Waals surface area contributed by atoms with E-state index in [4.69, 9.17) is 5.73 Å². The number of nitrogen functional groups attached to an aromatic ring is 1. The van der Waals surface area contributed by atoms with Crippen LogP contribution in [0.5, 0.6) is 0 Å². The monoisotopic (exact) mass is 222 g/mol. The molecule has 7 heteroatoms. The molecule has 16 heavy (non-hydrogen) atoms. The zero-order valence-electron chi connectivity index (χ0n) is 8.00. The summed E-state index contributed by atoms with van der Waals surface area (Å²) in [6.45, 7) is 0. The predicted octanol–water partition coefficient (Wildman–Crippen LogP) is 1.50. The number of aromatic nitrogens is 2. The molecule has 82 valence electrons. The molecule has 0 fully saturated rings. The van der Waals surface area contributed by atoms with Crippen LogP contribution >= 0.6 is 0 Å². The molecule has 2 rings (SSSR count). The lowest BCUT2D eigenvalue weighted by atomic mass is 10.2. The lowest BCUT2D eigenvalue weighted by molar-refractivity contribution is -0.383. The second-order valence-corrected chi connectivity index (χ2v) is 3.07. The van der Waals surface area contributed by atoms with Crippen LogP contribution in [0.2, 0.25) is 0 Å². The molecule has 0 spiro atoms. The lowest BCUT2D eigenvalue weighted by Gasteiger charge is -2.05. The first-order chi connectivity index (χ1) is 7.59. The molecule has 0 aliphatic carbocycles. The highest BCUT2D eigenvalue weighted by Gasteiger charge is 2.21. The van der Waals surface area contributed by atoms with Crippen molar-refractivity contribution >= 4 is 11.4 Å². The van der Waals surface area contributed by atoms with Crippen molar-refractivity contribution in [1.82, 2.24) is 9.78 Å². The summed E-state index contributed by atoms with van der Waals surface area (Å²) in [5, 5.41) is 14.6. The minimum absolute atomic E-state index is 0.00694. The molecule has 0 radical (unpaired) electrons. The van der Waals surface area contributed by atoms with Crippen LogP contribution < -0.4 is 5.73 Å². The molecular weight excluding hydrogens is 215 g/mol.